The molecule has 0 radical (unpaired) electrons. The molecule has 5 heteroatoms. The molecular weight excluding hydrogens is 298 g/mol. The second-order valence-corrected chi connectivity index (χ2v) is 6.09. The minimum Gasteiger partial charge on any atom is -0.491 e. The summed E-state index contributed by atoms with van der Waals surface area (Å²) in [6.45, 7) is 4.35. The molecule has 0 spiro atoms. The van der Waals surface area contributed by atoms with Gasteiger partial charge in [-0.1, -0.05) is 0 Å². The van der Waals surface area contributed by atoms with Crippen molar-refractivity contribution in [3.63, 3.8) is 0 Å². The molecule has 0 aliphatic rings. The van der Waals surface area contributed by atoms with Crippen molar-refractivity contribution in [1.82, 2.24) is 5.32 Å². The summed E-state index contributed by atoms with van der Waals surface area (Å²) in [7, 11) is 0. The van der Waals surface area contributed by atoms with Gasteiger partial charge in [-0.3, -0.25) is 4.79 Å². The topological polar surface area (TPSA) is 58.6 Å². The average Bonchev–Trinajstić information content (AvgIpc) is 3.01. The van der Waals surface area contributed by atoms with Gasteiger partial charge in [0.15, 0.2) is 0 Å². The minimum absolute atomic E-state index is 0.110. The molecule has 2 rings (SSSR count). The first-order chi connectivity index (χ1) is 10.6. The van der Waals surface area contributed by atoms with Crippen molar-refractivity contribution in [2.45, 2.75) is 32.5 Å². The van der Waals surface area contributed by atoms with Crippen molar-refractivity contribution in [3.05, 3.63) is 52.2 Å². The smallest absolute Gasteiger partial charge is 0.251 e. The van der Waals surface area contributed by atoms with Gasteiger partial charge in [0.05, 0.1) is 12.2 Å². The van der Waals surface area contributed by atoms with Gasteiger partial charge in [0, 0.05) is 12.1 Å². The van der Waals surface area contributed by atoms with E-state index in [9.17, 15) is 9.90 Å². The first-order valence-electron chi connectivity index (χ1n) is 7.31. The highest BCUT2D eigenvalue weighted by Gasteiger charge is 2.10. The van der Waals surface area contributed by atoms with Crippen LogP contribution in [-0.2, 0) is 0 Å². The zero-order valence-electron chi connectivity index (χ0n) is 12.8. The number of aliphatic hydroxyl groups excluding tert-OH is 1. The molecule has 1 atom stereocenters. The molecule has 0 saturated carbocycles. The lowest BCUT2D eigenvalue weighted by Crippen LogP contribution is -2.25. The molecule has 0 fully saturated rings. The zero-order chi connectivity index (χ0) is 15.9. The molecule has 2 aromatic rings. The number of ether oxygens (including phenoxy) is 1. The maximum atomic E-state index is 12.0. The Hall–Kier alpha value is -1.85. The molecule has 2 N–H and O–H groups in total. The Morgan fingerprint density at radius 2 is 2.00 bits per heavy atom. The number of hydrogen-bond donors (Lipinski definition) is 2. The Labute approximate surface area is 134 Å². The van der Waals surface area contributed by atoms with E-state index in [1.807, 2.05) is 30.7 Å². The van der Waals surface area contributed by atoms with Crippen molar-refractivity contribution >= 4 is 17.2 Å². The Kier molecular flexibility index (Phi) is 5.98. The summed E-state index contributed by atoms with van der Waals surface area (Å²) in [6.07, 6.45) is 0.0726. The summed E-state index contributed by atoms with van der Waals surface area (Å²) in [5, 5.41) is 16.6. The maximum Gasteiger partial charge on any atom is 0.251 e. The van der Waals surface area contributed by atoms with Gasteiger partial charge < -0.3 is 15.2 Å². The second kappa shape index (κ2) is 7.96. The summed E-state index contributed by atoms with van der Waals surface area (Å²) in [6, 6.07) is 8.94. The highest BCUT2D eigenvalue weighted by Crippen LogP contribution is 2.18. The Morgan fingerprint density at radius 3 is 2.59 bits per heavy atom. The molecule has 22 heavy (non-hydrogen) atoms. The van der Waals surface area contributed by atoms with Crippen LogP contribution in [-0.4, -0.2) is 23.7 Å². The summed E-state index contributed by atoms with van der Waals surface area (Å²) in [5.74, 6) is 0.605. The zero-order valence-corrected chi connectivity index (χ0v) is 13.6. The van der Waals surface area contributed by atoms with Crippen LogP contribution in [0.2, 0.25) is 0 Å². The fourth-order valence-corrected chi connectivity index (χ4v) is 2.72. The summed E-state index contributed by atoms with van der Waals surface area (Å²) >= 11 is 1.55. The number of hydrogen-bond acceptors (Lipinski definition) is 4. The van der Waals surface area contributed by atoms with E-state index in [1.165, 1.54) is 0 Å². The lowest BCUT2D eigenvalue weighted by atomic mass is 10.1. The van der Waals surface area contributed by atoms with Gasteiger partial charge in [-0.2, -0.15) is 11.3 Å². The highest BCUT2D eigenvalue weighted by atomic mass is 32.1. The van der Waals surface area contributed by atoms with Crippen LogP contribution in [0.4, 0.5) is 0 Å². The van der Waals surface area contributed by atoms with E-state index >= 15 is 0 Å². The van der Waals surface area contributed by atoms with Crippen LogP contribution in [0.15, 0.2) is 41.1 Å². The van der Waals surface area contributed by atoms with E-state index in [1.54, 1.807) is 35.6 Å². The van der Waals surface area contributed by atoms with Crippen molar-refractivity contribution in [2.75, 3.05) is 6.54 Å². The number of amides is 1. The quantitative estimate of drug-likeness (QED) is 0.822. The normalized spacial score (nSPS) is 12.2. The summed E-state index contributed by atoms with van der Waals surface area (Å²) in [4.78, 5) is 12.0. The number of nitrogens with one attached hydrogen (secondary N) is 1. The van der Waals surface area contributed by atoms with Gasteiger partial charge in [-0.15, -0.1) is 0 Å². The predicted molar refractivity (Wildman–Crippen MR) is 88.4 cm³/mol. The maximum absolute atomic E-state index is 12.0. The molecule has 0 saturated heterocycles. The fraction of sp³-hybridized carbons (Fsp3) is 0.353. The molecule has 1 unspecified atom stereocenters. The SMILES string of the molecule is CC(C)Oc1ccc(C(=O)NCCC(O)c2ccsc2)cc1. The molecule has 4 nitrogen and oxygen atoms in total. The number of carbonyl (C=O) groups excluding carboxylic acids is 1. The van der Waals surface area contributed by atoms with Gasteiger partial charge >= 0.3 is 0 Å². The van der Waals surface area contributed by atoms with E-state index in [0.29, 0.717) is 18.5 Å². The summed E-state index contributed by atoms with van der Waals surface area (Å²) in [5.41, 5.74) is 1.48. The molecule has 1 amide bonds. The molecule has 1 aromatic heterocycles. The van der Waals surface area contributed by atoms with Crippen LogP contribution in [0.3, 0.4) is 0 Å². The first kappa shape index (κ1) is 16.5. The van der Waals surface area contributed by atoms with Crippen molar-refractivity contribution in [2.24, 2.45) is 0 Å². The Bertz CT molecular complexity index is 578. The lowest BCUT2D eigenvalue weighted by Gasteiger charge is -2.11. The van der Waals surface area contributed by atoms with Crippen LogP contribution in [0.25, 0.3) is 0 Å². The number of aliphatic hydroxyl groups is 1. The van der Waals surface area contributed by atoms with E-state index in [0.717, 1.165) is 11.3 Å². The molecule has 0 aliphatic heterocycles. The first-order valence-corrected chi connectivity index (χ1v) is 8.25. The molecule has 0 bridgehead atoms. The number of rotatable bonds is 7. The second-order valence-electron chi connectivity index (χ2n) is 5.31. The average molecular weight is 319 g/mol. The van der Waals surface area contributed by atoms with E-state index < -0.39 is 6.10 Å². The Balaban J connectivity index is 1.79. The largest absolute Gasteiger partial charge is 0.491 e. The lowest BCUT2D eigenvalue weighted by molar-refractivity contribution is 0.0942. The molecule has 1 aromatic carbocycles. The summed E-state index contributed by atoms with van der Waals surface area (Å²) < 4.78 is 5.54. The van der Waals surface area contributed by atoms with Crippen LogP contribution in [0.1, 0.15) is 42.3 Å². The molecule has 118 valence electrons. The number of benzene rings is 1. The minimum atomic E-state index is -0.534. The van der Waals surface area contributed by atoms with Gasteiger partial charge in [-0.05, 0) is 66.9 Å². The van der Waals surface area contributed by atoms with Crippen molar-refractivity contribution in [3.8, 4) is 5.75 Å². The third-order valence-electron chi connectivity index (χ3n) is 3.12. The van der Waals surface area contributed by atoms with Crippen LogP contribution in [0, 0.1) is 0 Å². The van der Waals surface area contributed by atoms with Gasteiger partial charge in [0.2, 0.25) is 0 Å². The fourth-order valence-electron chi connectivity index (χ4n) is 2.01. The van der Waals surface area contributed by atoms with Crippen LogP contribution >= 0.6 is 11.3 Å². The Morgan fingerprint density at radius 1 is 1.27 bits per heavy atom. The van der Waals surface area contributed by atoms with Gasteiger partial charge in [-0.25, -0.2) is 0 Å². The molecular formula is C17H21NO3S. The van der Waals surface area contributed by atoms with Crippen molar-refractivity contribution < 1.29 is 14.6 Å². The standard InChI is InChI=1S/C17H21NO3S/c1-12(2)21-15-5-3-13(4-6-15)17(20)18-9-7-16(19)14-8-10-22-11-14/h3-6,8,10-12,16,19H,7,9H2,1-2H3,(H,18,20). The number of thiophene rings is 1. The molecule has 0 aliphatic carbocycles. The van der Waals surface area contributed by atoms with E-state index in [4.69, 9.17) is 4.74 Å². The monoisotopic (exact) mass is 319 g/mol. The van der Waals surface area contributed by atoms with E-state index in [-0.39, 0.29) is 12.0 Å². The van der Waals surface area contributed by atoms with Gasteiger partial charge in [0.1, 0.15) is 5.75 Å². The number of carbonyl (C=O) groups is 1. The molecule has 1 heterocycles. The van der Waals surface area contributed by atoms with E-state index in [2.05, 4.69) is 5.32 Å². The van der Waals surface area contributed by atoms with Gasteiger partial charge in [0.25, 0.3) is 5.91 Å². The highest BCUT2D eigenvalue weighted by molar-refractivity contribution is 7.07. The van der Waals surface area contributed by atoms with Crippen LogP contribution < -0.4 is 10.1 Å². The van der Waals surface area contributed by atoms with Crippen molar-refractivity contribution in [1.29, 1.82) is 0 Å². The third kappa shape index (κ3) is 4.86. The van der Waals surface area contributed by atoms with Crippen LogP contribution in [0.5, 0.6) is 5.75 Å². The predicted octanol–water partition coefficient (Wildman–Crippen LogP) is 3.39. The third-order valence-corrected chi connectivity index (χ3v) is 3.82.